The maximum Gasteiger partial charge on any atom is 0.251 e. The van der Waals surface area contributed by atoms with Gasteiger partial charge in [0.25, 0.3) is 6.43 Å². The van der Waals surface area contributed by atoms with Crippen LogP contribution in [-0.2, 0) is 6.54 Å². The topological polar surface area (TPSA) is 23.5 Å². The number of hydrogen-bond donors (Lipinski definition) is 1. The Morgan fingerprint density at radius 2 is 2.20 bits per heavy atom. The molecule has 0 fully saturated rings. The van der Waals surface area contributed by atoms with E-state index < -0.39 is 6.43 Å². The Morgan fingerprint density at radius 3 is 2.67 bits per heavy atom. The third kappa shape index (κ3) is 5.01. The smallest absolute Gasteiger partial charge is 0.251 e. The van der Waals surface area contributed by atoms with Gasteiger partial charge in [0.15, 0.2) is 0 Å². The first-order valence-electron chi connectivity index (χ1n) is 4.47. The van der Waals surface area contributed by atoms with E-state index in [9.17, 15) is 8.78 Å². The lowest BCUT2D eigenvalue weighted by atomic mass is 10.4. The molecule has 1 N–H and O–H groups in total. The molecular weight excluding hydrogens is 288 g/mol. The van der Waals surface area contributed by atoms with E-state index in [0.29, 0.717) is 6.54 Å². The number of nitrogens with zero attached hydrogens (tertiary/aromatic N) is 1. The molecule has 15 heavy (non-hydrogen) atoms. The van der Waals surface area contributed by atoms with Gasteiger partial charge in [-0.25, -0.2) is 8.78 Å². The fraction of sp³-hybridized carbons (Fsp3) is 0.556. The van der Waals surface area contributed by atoms with Crippen molar-refractivity contribution in [2.45, 2.75) is 13.0 Å². The van der Waals surface area contributed by atoms with Crippen molar-refractivity contribution >= 4 is 27.3 Å². The Kier molecular flexibility index (Phi) is 5.66. The Morgan fingerprint density at radius 1 is 1.47 bits per heavy atom. The van der Waals surface area contributed by atoms with Crippen molar-refractivity contribution in [1.29, 1.82) is 0 Å². The predicted octanol–water partition coefficient (Wildman–Crippen LogP) is 2.57. The number of halogens is 3. The summed E-state index contributed by atoms with van der Waals surface area (Å²) in [6.07, 6.45) is -2.36. The van der Waals surface area contributed by atoms with Crippen LogP contribution in [0.15, 0.2) is 15.9 Å². The average molecular weight is 300 g/mol. The molecule has 1 aromatic heterocycles. The van der Waals surface area contributed by atoms with Crippen molar-refractivity contribution in [3.05, 3.63) is 20.8 Å². The number of alkyl halides is 2. The van der Waals surface area contributed by atoms with E-state index in [2.05, 4.69) is 15.9 Å². The first-order chi connectivity index (χ1) is 7.11. The first-order valence-corrected chi connectivity index (χ1v) is 6.08. The van der Waals surface area contributed by atoms with Crippen LogP contribution in [-0.4, -0.2) is 36.1 Å². The van der Waals surface area contributed by atoms with Crippen LogP contribution in [0.4, 0.5) is 8.78 Å². The molecule has 0 aliphatic heterocycles. The molecule has 0 atom stereocenters. The molecule has 0 spiro atoms. The molecule has 0 aromatic carbocycles. The van der Waals surface area contributed by atoms with Crippen LogP contribution < -0.4 is 0 Å². The van der Waals surface area contributed by atoms with Crippen LogP contribution in [0, 0.1) is 0 Å². The number of aliphatic hydroxyl groups is 1. The summed E-state index contributed by atoms with van der Waals surface area (Å²) >= 11 is 4.83. The average Bonchev–Trinajstić information content (AvgIpc) is 2.50. The van der Waals surface area contributed by atoms with E-state index in [1.54, 1.807) is 4.90 Å². The molecule has 0 saturated heterocycles. The summed E-state index contributed by atoms with van der Waals surface area (Å²) in [5.41, 5.74) is 0. The van der Waals surface area contributed by atoms with Crippen LogP contribution in [0.25, 0.3) is 0 Å². The molecule has 0 amide bonds. The van der Waals surface area contributed by atoms with Gasteiger partial charge in [0.05, 0.1) is 16.9 Å². The zero-order valence-electron chi connectivity index (χ0n) is 8.00. The molecular formula is C9H12BrF2NOS. The predicted molar refractivity (Wildman–Crippen MR) is 60.4 cm³/mol. The van der Waals surface area contributed by atoms with Gasteiger partial charge in [0, 0.05) is 18.0 Å². The van der Waals surface area contributed by atoms with Crippen molar-refractivity contribution in [3.63, 3.8) is 0 Å². The quantitative estimate of drug-likeness (QED) is 0.873. The molecule has 0 aliphatic rings. The van der Waals surface area contributed by atoms with Gasteiger partial charge in [-0.3, -0.25) is 4.90 Å². The SMILES string of the molecule is OCCN(Cc1ccc(Br)s1)CC(F)F. The molecule has 0 bridgehead atoms. The van der Waals surface area contributed by atoms with Gasteiger partial charge in [-0.1, -0.05) is 0 Å². The molecule has 0 radical (unpaired) electrons. The maximum atomic E-state index is 12.2. The van der Waals surface area contributed by atoms with Gasteiger partial charge in [0.1, 0.15) is 0 Å². The van der Waals surface area contributed by atoms with Crippen LogP contribution in [0.3, 0.4) is 0 Å². The molecule has 6 heteroatoms. The molecule has 2 nitrogen and oxygen atoms in total. The number of aliphatic hydroxyl groups excluding tert-OH is 1. The van der Waals surface area contributed by atoms with Gasteiger partial charge in [-0.15, -0.1) is 11.3 Å². The Labute approximate surface area is 99.6 Å². The minimum absolute atomic E-state index is 0.0980. The molecule has 1 rings (SSSR count). The summed E-state index contributed by atoms with van der Waals surface area (Å²) in [6, 6.07) is 3.78. The summed E-state index contributed by atoms with van der Waals surface area (Å²) < 4.78 is 25.4. The molecule has 0 saturated carbocycles. The second kappa shape index (κ2) is 6.52. The van der Waals surface area contributed by atoms with Crippen LogP contribution in [0.1, 0.15) is 4.88 Å². The minimum Gasteiger partial charge on any atom is -0.395 e. The van der Waals surface area contributed by atoms with Crippen molar-refractivity contribution in [2.24, 2.45) is 0 Å². The van der Waals surface area contributed by atoms with E-state index in [4.69, 9.17) is 5.11 Å². The number of thiophene rings is 1. The molecule has 0 aliphatic carbocycles. The molecule has 1 aromatic rings. The first kappa shape index (κ1) is 13.0. The molecule has 0 unspecified atom stereocenters. The van der Waals surface area contributed by atoms with Crippen LogP contribution in [0.5, 0.6) is 0 Å². The van der Waals surface area contributed by atoms with E-state index in [1.807, 2.05) is 12.1 Å². The highest BCUT2D eigenvalue weighted by Gasteiger charge is 2.12. The second-order valence-electron chi connectivity index (χ2n) is 3.06. The second-order valence-corrected chi connectivity index (χ2v) is 5.60. The van der Waals surface area contributed by atoms with E-state index in [-0.39, 0.29) is 19.7 Å². The van der Waals surface area contributed by atoms with Gasteiger partial charge >= 0.3 is 0 Å². The van der Waals surface area contributed by atoms with E-state index in [1.165, 1.54) is 11.3 Å². The largest absolute Gasteiger partial charge is 0.395 e. The lowest BCUT2D eigenvalue weighted by Gasteiger charge is -2.19. The summed E-state index contributed by atoms with van der Waals surface area (Å²) in [5, 5.41) is 8.74. The summed E-state index contributed by atoms with van der Waals surface area (Å²) in [5.74, 6) is 0. The highest BCUT2D eigenvalue weighted by atomic mass is 79.9. The summed E-state index contributed by atoms with van der Waals surface area (Å²) in [6.45, 7) is 0.344. The van der Waals surface area contributed by atoms with Crippen molar-refractivity contribution in [2.75, 3.05) is 19.7 Å². The number of hydrogen-bond acceptors (Lipinski definition) is 3. The van der Waals surface area contributed by atoms with Crippen LogP contribution in [0.2, 0.25) is 0 Å². The summed E-state index contributed by atoms with van der Waals surface area (Å²) in [4.78, 5) is 2.55. The lowest BCUT2D eigenvalue weighted by Crippen LogP contribution is -2.30. The Hall–Kier alpha value is -0.0400. The van der Waals surface area contributed by atoms with Gasteiger partial charge in [0.2, 0.25) is 0 Å². The lowest BCUT2D eigenvalue weighted by molar-refractivity contribution is 0.0751. The van der Waals surface area contributed by atoms with Crippen LogP contribution >= 0.6 is 27.3 Å². The monoisotopic (exact) mass is 299 g/mol. The van der Waals surface area contributed by atoms with Gasteiger partial charge < -0.3 is 5.11 Å². The van der Waals surface area contributed by atoms with E-state index in [0.717, 1.165) is 8.66 Å². The Balaban J connectivity index is 2.50. The highest BCUT2D eigenvalue weighted by Crippen LogP contribution is 2.23. The zero-order valence-corrected chi connectivity index (χ0v) is 10.4. The van der Waals surface area contributed by atoms with Crippen molar-refractivity contribution < 1.29 is 13.9 Å². The third-order valence-electron chi connectivity index (χ3n) is 1.82. The van der Waals surface area contributed by atoms with Crippen molar-refractivity contribution in [3.8, 4) is 0 Å². The zero-order chi connectivity index (χ0) is 11.3. The van der Waals surface area contributed by atoms with Gasteiger partial charge in [-0.2, -0.15) is 0 Å². The van der Waals surface area contributed by atoms with Crippen molar-refractivity contribution in [1.82, 2.24) is 4.90 Å². The normalized spacial score (nSPS) is 11.6. The highest BCUT2D eigenvalue weighted by molar-refractivity contribution is 9.11. The number of rotatable bonds is 6. The third-order valence-corrected chi connectivity index (χ3v) is 3.43. The fourth-order valence-electron chi connectivity index (χ4n) is 1.23. The molecule has 1 heterocycles. The summed E-state index contributed by atoms with van der Waals surface area (Å²) in [7, 11) is 0. The minimum atomic E-state index is -2.36. The van der Waals surface area contributed by atoms with E-state index >= 15 is 0 Å². The standard InChI is InChI=1S/C9H12BrF2NOS/c10-8-2-1-7(15-8)5-13(3-4-14)6-9(11)12/h1-2,9,14H,3-6H2. The molecule has 86 valence electrons. The van der Waals surface area contributed by atoms with Gasteiger partial charge in [-0.05, 0) is 28.1 Å². The maximum absolute atomic E-state index is 12.2. The fourth-order valence-corrected chi connectivity index (χ4v) is 2.75. The Bertz CT molecular complexity index is 295.